The summed E-state index contributed by atoms with van der Waals surface area (Å²) in [5.74, 6) is -0.254. The fraction of sp³-hybridized carbons (Fsp3) is 0.100. The highest BCUT2D eigenvalue weighted by Gasteiger charge is 2.13. The lowest BCUT2D eigenvalue weighted by Crippen LogP contribution is -1.99. The number of hydrogen-bond acceptors (Lipinski definition) is 2. The molecule has 126 valence electrons. The number of benzene rings is 2. The van der Waals surface area contributed by atoms with Crippen LogP contribution in [0.4, 0.5) is 4.39 Å². The first kappa shape index (κ1) is 17.1. The van der Waals surface area contributed by atoms with Gasteiger partial charge in [-0.05, 0) is 55.8 Å². The number of aryl methyl sites for hydroxylation is 1. The zero-order valence-corrected chi connectivity index (χ0v) is 14.7. The van der Waals surface area contributed by atoms with Gasteiger partial charge >= 0.3 is 0 Å². The molecule has 2 aromatic carbocycles. The van der Waals surface area contributed by atoms with Crippen LogP contribution in [0.3, 0.4) is 0 Å². The molecule has 0 atom stereocenters. The van der Waals surface area contributed by atoms with Gasteiger partial charge < -0.3 is 0 Å². The Kier molecular flexibility index (Phi) is 4.55. The average molecular weight is 354 g/mol. The van der Waals surface area contributed by atoms with Gasteiger partial charge in [0.05, 0.1) is 28.8 Å². The van der Waals surface area contributed by atoms with Gasteiger partial charge in [0.15, 0.2) is 0 Å². The van der Waals surface area contributed by atoms with Crippen molar-refractivity contribution in [2.75, 3.05) is 0 Å². The molecular weight excluding hydrogens is 337 g/mol. The number of nitrogens with zero attached hydrogens (tertiary/aromatic N) is 3. The molecule has 5 heteroatoms. The van der Waals surface area contributed by atoms with E-state index in [2.05, 4.69) is 24.2 Å². The summed E-state index contributed by atoms with van der Waals surface area (Å²) < 4.78 is 14.9. The van der Waals surface area contributed by atoms with Gasteiger partial charge in [0.2, 0.25) is 0 Å². The lowest BCUT2D eigenvalue weighted by atomic mass is 10.1. The molecule has 0 aliphatic rings. The Hall–Kier alpha value is -2.72. The highest BCUT2D eigenvalue weighted by molar-refractivity contribution is 5.85. The maximum absolute atomic E-state index is 13.1. The van der Waals surface area contributed by atoms with Crippen molar-refractivity contribution in [3.05, 3.63) is 77.9 Å². The predicted molar refractivity (Wildman–Crippen MR) is 101 cm³/mol. The Morgan fingerprint density at radius 3 is 2.44 bits per heavy atom. The van der Waals surface area contributed by atoms with Crippen molar-refractivity contribution < 1.29 is 4.39 Å². The molecule has 0 N–H and O–H groups in total. The normalized spacial score (nSPS) is 10.7. The third kappa shape index (κ3) is 3.01. The van der Waals surface area contributed by atoms with Crippen LogP contribution in [0, 0.1) is 19.7 Å². The number of pyridine rings is 1. The van der Waals surface area contributed by atoms with Gasteiger partial charge in [0, 0.05) is 10.9 Å². The second-order valence-corrected chi connectivity index (χ2v) is 5.87. The molecular formula is C20H17ClFN3. The van der Waals surface area contributed by atoms with E-state index in [-0.39, 0.29) is 18.2 Å². The molecule has 0 aliphatic heterocycles. The summed E-state index contributed by atoms with van der Waals surface area (Å²) in [5, 5.41) is 5.61. The van der Waals surface area contributed by atoms with E-state index in [0.29, 0.717) is 0 Å². The number of rotatable bonds is 2. The van der Waals surface area contributed by atoms with Crippen molar-refractivity contribution in [2.24, 2.45) is 0 Å². The number of hydrogen-bond donors (Lipinski definition) is 0. The molecule has 0 aliphatic carbocycles. The van der Waals surface area contributed by atoms with Crippen molar-refractivity contribution in [1.29, 1.82) is 0 Å². The fourth-order valence-corrected chi connectivity index (χ4v) is 2.99. The minimum Gasteiger partial charge on any atom is -0.248 e. The molecule has 0 saturated carbocycles. The first-order valence-corrected chi connectivity index (χ1v) is 7.81. The van der Waals surface area contributed by atoms with Crippen molar-refractivity contribution in [3.8, 4) is 16.9 Å². The lowest BCUT2D eigenvalue weighted by molar-refractivity contribution is 0.627. The third-order valence-electron chi connectivity index (χ3n) is 4.28. The van der Waals surface area contributed by atoms with Crippen LogP contribution in [0.25, 0.3) is 27.8 Å². The smallest absolute Gasteiger partial charge is 0.123 e. The van der Waals surface area contributed by atoms with Crippen LogP contribution in [0.15, 0.2) is 60.8 Å². The Bertz CT molecular complexity index is 1040. The van der Waals surface area contributed by atoms with Crippen molar-refractivity contribution in [1.82, 2.24) is 14.8 Å². The van der Waals surface area contributed by atoms with Crippen LogP contribution in [-0.4, -0.2) is 14.8 Å². The lowest BCUT2D eigenvalue weighted by Gasteiger charge is -2.08. The standard InChI is InChI=1S/C20H16FN3.ClH/c1-13-11-20(23-19-6-4-3-5-17(13)19)18-12-22-24(14(18)2)16-9-7-15(21)8-10-16;/h3-12H,1-2H3;1H. The van der Waals surface area contributed by atoms with E-state index in [1.54, 1.807) is 16.8 Å². The van der Waals surface area contributed by atoms with Gasteiger partial charge in [0.25, 0.3) is 0 Å². The van der Waals surface area contributed by atoms with Crippen LogP contribution in [-0.2, 0) is 0 Å². The maximum Gasteiger partial charge on any atom is 0.123 e. The molecule has 4 rings (SSSR count). The first-order chi connectivity index (χ1) is 11.6. The van der Waals surface area contributed by atoms with Crippen LogP contribution < -0.4 is 0 Å². The van der Waals surface area contributed by atoms with Gasteiger partial charge in [-0.3, -0.25) is 0 Å². The highest BCUT2D eigenvalue weighted by atomic mass is 35.5. The summed E-state index contributed by atoms with van der Waals surface area (Å²) >= 11 is 0. The molecule has 0 amide bonds. The van der Waals surface area contributed by atoms with Gasteiger partial charge in [-0.1, -0.05) is 18.2 Å². The summed E-state index contributed by atoms with van der Waals surface area (Å²) in [6.45, 7) is 4.09. The molecule has 4 aromatic rings. The first-order valence-electron chi connectivity index (χ1n) is 7.81. The van der Waals surface area contributed by atoms with E-state index in [0.717, 1.165) is 33.5 Å². The van der Waals surface area contributed by atoms with Crippen LogP contribution in [0.5, 0.6) is 0 Å². The largest absolute Gasteiger partial charge is 0.248 e. The topological polar surface area (TPSA) is 30.7 Å². The molecule has 25 heavy (non-hydrogen) atoms. The van der Waals surface area contributed by atoms with Gasteiger partial charge in [-0.15, -0.1) is 12.4 Å². The average Bonchev–Trinajstić information content (AvgIpc) is 2.97. The predicted octanol–water partition coefficient (Wildman–Crippen LogP) is 5.27. The molecule has 0 radical (unpaired) electrons. The Labute approximate surface area is 151 Å². The number of halogens is 2. The Balaban J connectivity index is 0.00000182. The monoisotopic (exact) mass is 353 g/mol. The quantitative estimate of drug-likeness (QED) is 0.491. The van der Waals surface area contributed by atoms with E-state index in [9.17, 15) is 4.39 Å². The molecule has 3 nitrogen and oxygen atoms in total. The molecule has 0 spiro atoms. The van der Waals surface area contributed by atoms with Gasteiger partial charge in [-0.25, -0.2) is 14.1 Å². The van der Waals surface area contributed by atoms with Crippen molar-refractivity contribution in [2.45, 2.75) is 13.8 Å². The summed E-state index contributed by atoms with van der Waals surface area (Å²) in [6.07, 6.45) is 1.81. The van der Waals surface area contributed by atoms with E-state index in [4.69, 9.17) is 4.98 Å². The van der Waals surface area contributed by atoms with Crippen molar-refractivity contribution >= 4 is 23.3 Å². The zero-order chi connectivity index (χ0) is 16.7. The van der Waals surface area contributed by atoms with Crippen LogP contribution in [0.1, 0.15) is 11.3 Å². The SMILES string of the molecule is Cc1cc(-c2cnn(-c3ccc(F)cc3)c2C)nc2ccccc12.Cl. The summed E-state index contributed by atoms with van der Waals surface area (Å²) in [7, 11) is 0. The third-order valence-corrected chi connectivity index (χ3v) is 4.28. The van der Waals surface area contributed by atoms with Crippen LogP contribution >= 0.6 is 12.4 Å². The second-order valence-electron chi connectivity index (χ2n) is 5.87. The minimum absolute atomic E-state index is 0. The van der Waals surface area contributed by atoms with Crippen LogP contribution in [0.2, 0.25) is 0 Å². The highest BCUT2D eigenvalue weighted by Crippen LogP contribution is 2.27. The minimum atomic E-state index is -0.254. The molecule has 0 unspecified atom stereocenters. The van der Waals surface area contributed by atoms with E-state index >= 15 is 0 Å². The zero-order valence-electron chi connectivity index (χ0n) is 13.9. The summed E-state index contributed by atoms with van der Waals surface area (Å²) in [6, 6.07) is 16.5. The maximum atomic E-state index is 13.1. The molecule has 2 aromatic heterocycles. The number of fused-ring (bicyclic) bond motifs is 1. The molecule has 0 fully saturated rings. The van der Waals surface area contributed by atoms with E-state index < -0.39 is 0 Å². The molecule has 0 saturated heterocycles. The Morgan fingerprint density at radius 2 is 1.68 bits per heavy atom. The summed E-state index contributed by atoms with van der Waals surface area (Å²) in [4.78, 5) is 4.77. The second kappa shape index (κ2) is 6.65. The van der Waals surface area contributed by atoms with Gasteiger partial charge in [0.1, 0.15) is 5.82 Å². The van der Waals surface area contributed by atoms with Crippen molar-refractivity contribution in [3.63, 3.8) is 0 Å². The van der Waals surface area contributed by atoms with E-state index in [1.807, 2.05) is 31.3 Å². The van der Waals surface area contributed by atoms with E-state index in [1.165, 1.54) is 17.7 Å². The summed E-state index contributed by atoms with van der Waals surface area (Å²) in [5.41, 5.74) is 5.85. The molecule has 0 bridgehead atoms. The Morgan fingerprint density at radius 1 is 0.960 bits per heavy atom. The number of para-hydroxylation sites is 1. The number of aromatic nitrogens is 3. The fourth-order valence-electron chi connectivity index (χ4n) is 2.99. The van der Waals surface area contributed by atoms with Gasteiger partial charge in [-0.2, -0.15) is 5.10 Å². The molecule has 2 heterocycles.